The standard InChI is InChI=1S/C22H22OP/c1-19(17-18-23)24(20-11-5-2-6-12-20,21-13-7-3-8-14-21)22-15-9-4-10-16-22/h2-16,18-19H,17H2,1H3/q+1. The van der Waals surface area contributed by atoms with Crippen molar-refractivity contribution < 1.29 is 4.79 Å². The Morgan fingerprint density at radius 1 is 0.708 bits per heavy atom. The Hall–Kier alpha value is -2.24. The molecule has 0 bridgehead atoms. The van der Waals surface area contributed by atoms with E-state index in [1.807, 2.05) is 0 Å². The topological polar surface area (TPSA) is 17.1 Å². The number of rotatable bonds is 6. The minimum absolute atomic E-state index is 0.252. The molecule has 24 heavy (non-hydrogen) atoms. The van der Waals surface area contributed by atoms with Crippen LogP contribution in [0.3, 0.4) is 0 Å². The zero-order valence-electron chi connectivity index (χ0n) is 13.9. The second-order valence-corrected chi connectivity index (χ2v) is 9.86. The Morgan fingerprint density at radius 3 is 1.33 bits per heavy atom. The molecule has 0 fully saturated rings. The fourth-order valence-corrected chi connectivity index (χ4v) is 8.25. The number of carbonyl (C=O) groups excluding carboxylic acids is 1. The van der Waals surface area contributed by atoms with Gasteiger partial charge < -0.3 is 4.79 Å². The summed E-state index contributed by atoms with van der Waals surface area (Å²) in [6.07, 6.45) is 1.63. The van der Waals surface area contributed by atoms with E-state index < -0.39 is 7.26 Å². The molecular weight excluding hydrogens is 311 g/mol. The van der Waals surface area contributed by atoms with Gasteiger partial charge in [0.2, 0.25) is 0 Å². The minimum Gasteiger partial charge on any atom is -0.303 e. The summed E-state index contributed by atoms with van der Waals surface area (Å²) in [5.41, 5.74) is 0.252. The highest BCUT2D eigenvalue weighted by molar-refractivity contribution is 7.96. The summed E-state index contributed by atoms with van der Waals surface area (Å²) in [5.74, 6) is 0. The molecule has 0 saturated heterocycles. The van der Waals surface area contributed by atoms with E-state index in [0.717, 1.165) is 6.29 Å². The van der Waals surface area contributed by atoms with Crippen LogP contribution in [0, 0.1) is 0 Å². The maximum Gasteiger partial charge on any atom is 0.123 e. The van der Waals surface area contributed by atoms with Crippen molar-refractivity contribution in [1.29, 1.82) is 0 Å². The number of hydrogen-bond donors (Lipinski definition) is 0. The maximum absolute atomic E-state index is 11.4. The second kappa shape index (κ2) is 7.55. The van der Waals surface area contributed by atoms with Crippen LogP contribution >= 0.6 is 7.26 Å². The summed E-state index contributed by atoms with van der Waals surface area (Å²) in [5, 5.41) is 3.99. The summed E-state index contributed by atoms with van der Waals surface area (Å²) < 4.78 is 0. The zero-order chi connectivity index (χ0) is 16.8. The fourth-order valence-electron chi connectivity index (χ4n) is 3.50. The Kier molecular flexibility index (Phi) is 5.23. The number of benzene rings is 3. The molecule has 0 aliphatic carbocycles. The second-order valence-electron chi connectivity index (χ2n) is 5.98. The van der Waals surface area contributed by atoms with Gasteiger partial charge in [0, 0.05) is 6.42 Å². The summed E-state index contributed by atoms with van der Waals surface area (Å²) >= 11 is 0. The molecule has 0 heterocycles. The third-order valence-electron chi connectivity index (χ3n) is 4.59. The highest BCUT2D eigenvalue weighted by Gasteiger charge is 2.49. The van der Waals surface area contributed by atoms with Crippen molar-refractivity contribution in [3.63, 3.8) is 0 Å². The lowest BCUT2D eigenvalue weighted by Crippen LogP contribution is -2.37. The third-order valence-corrected chi connectivity index (χ3v) is 9.46. The van der Waals surface area contributed by atoms with Crippen molar-refractivity contribution in [3.05, 3.63) is 91.0 Å². The predicted octanol–water partition coefficient (Wildman–Crippen LogP) is 3.96. The molecule has 0 aliphatic rings. The third kappa shape index (κ3) is 2.92. The van der Waals surface area contributed by atoms with Gasteiger partial charge in [-0.1, -0.05) is 54.6 Å². The van der Waals surface area contributed by atoms with Crippen molar-refractivity contribution in [2.45, 2.75) is 19.0 Å². The smallest absolute Gasteiger partial charge is 0.123 e. The van der Waals surface area contributed by atoms with Gasteiger partial charge in [-0.15, -0.1) is 0 Å². The average Bonchev–Trinajstić information content (AvgIpc) is 2.65. The molecule has 1 atom stereocenters. The molecule has 3 aromatic rings. The van der Waals surface area contributed by atoms with Gasteiger partial charge in [-0.25, -0.2) is 0 Å². The molecule has 3 aromatic carbocycles. The lowest BCUT2D eigenvalue weighted by Gasteiger charge is -2.32. The van der Waals surface area contributed by atoms with Crippen LogP contribution in [0.25, 0.3) is 0 Å². The van der Waals surface area contributed by atoms with Gasteiger partial charge in [0.05, 0.1) is 5.66 Å². The van der Waals surface area contributed by atoms with Crippen molar-refractivity contribution in [2.24, 2.45) is 0 Å². The molecule has 0 spiro atoms. The van der Waals surface area contributed by atoms with Gasteiger partial charge in [0.15, 0.2) is 0 Å². The zero-order valence-corrected chi connectivity index (χ0v) is 14.8. The maximum atomic E-state index is 11.4. The average molecular weight is 333 g/mol. The van der Waals surface area contributed by atoms with Crippen LogP contribution in [0.15, 0.2) is 91.0 Å². The van der Waals surface area contributed by atoms with E-state index in [0.29, 0.717) is 6.42 Å². The first-order valence-corrected chi connectivity index (χ1v) is 10.1. The Balaban J connectivity index is 2.35. The minimum atomic E-state index is -1.89. The van der Waals surface area contributed by atoms with Gasteiger partial charge >= 0.3 is 0 Å². The van der Waals surface area contributed by atoms with Gasteiger partial charge in [-0.2, -0.15) is 0 Å². The first kappa shape index (κ1) is 16.6. The number of aldehydes is 1. The summed E-state index contributed by atoms with van der Waals surface area (Å²) in [6, 6.07) is 32.1. The Labute approximate surface area is 144 Å². The highest BCUT2D eigenvalue weighted by Crippen LogP contribution is 2.60. The molecule has 120 valence electrons. The molecule has 1 nitrogen and oxygen atoms in total. The molecule has 1 unspecified atom stereocenters. The SMILES string of the molecule is CC(CC=O)[P+](c1ccccc1)(c1ccccc1)c1ccccc1. The van der Waals surface area contributed by atoms with E-state index in [1.165, 1.54) is 15.9 Å². The van der Waals surface area contributed by atoms with Crippen LogP contribution in [0.1, 0.15) is 13.3 Å². The first-order chi connectivity index (χ1) is 11.8. The molecule has 0 amide bonds. The van der Waals surface area contributed by atoms with E-state index in [1.54, 1.807) is 0 Å². The van der Waals surface area contributed by atoms with Gasteiger partial charge in [0.25, 0.3) is 0 Å². The molecule has 0 N–H and O–H groups in total. The molecule has 0 aromatic heterocycles. The van der Waals surface area contributed by atoms with Crippen LogP contribution in [-0.2, 0) is 4.79 Å². The van der Waals surface area contributed by atoms with Crippen LogP contribution in [0.4, 0.5) is 0 Å². The lowest BCUT2D eigenvalue weighted by molar-refractivity contribution is -0.107. The molecule has 0 aliphatic heterocycles. The van der Waals surface area contributed by atoms with Crippen molar-refractivity contribution in [1.82, 2.24) is 0 Å². The van der Waals surface area contributed by atoms with E-state index in [4.69, 9.17) is 0 Å². The number of hydrogen-bond acceptors (Lipinski definition) is 1. The van der Waals surface area contributed by atoms with Crippen LogP contribution in [-0.4, -0.2) is 11.9 Å². The van der Waals surface area contributed by atoms with Crippen LogP contribution in [0.2, 0.25) is 0 Å². The van der Waals surface area contributed by atoms with Gasteiger partial charge in [-0.3, -0.25) is 0 Å². The molecular formula is C22H22OP+. The normalized spacial score (nSPS) is 12.5. The highest BCUT2D eigenvalue weighted by atomic mass is 31.2. The fraction of sp³-hybridized carbons (Fsp3) is 0.136. The predicted molar refractivity (Wildman–Crippen MR) is 105 cm³/mol. The summed E-state index contributed by atoms with van der Waals surface area (Å²) in [6.45, 7) is 2.22. The summed E-state index contributed by atoms with van der Waals surface area (Å²) in [4.78, 5) is 11.4. The van der Waals surface area contributed by atoms with E-state index in [-0.39, 0.29) is 5.66 Å². The Morgan fingerprint density at radius 2 is 1.04 bits per heavy atom. The first-order valence-electron chi connectivity index (χ1n) is 8.29. The van der Waals surface area contributed by atoms with Crippen molar-refractivity contribution >= 4 is 29.5 Å². The molecule has 0 saturated carbocycles. The van der Waals surface area contributed by atoms with Crippen LogP contribution < -0.4 is 15.9 Å². The molecule has 3 rings (SSSR count). The van der Waals surface area contributed by atoms with E-state index in [2.05, 4.69) is 97.9 Å². The van der Waals surface area contributed by atoms with Crippen molar-refractivity contribution in [2.75, 3.05) is 0 Å². The van der Waals surface area contributed by atoms with Crippen LogP contribution in [0.5, 0.6) is 0 Å². The van der Waals surface area contributed by atoms with Gasteiger partial charge in [-0.05, 0) is 43.3 Å². The number of carbonyl (C=O) groups is 1. The monoisotopic (exact) mass is 333 g/mol. The largest absolute Gasteiger partial charge is 0.303 e. The summed E-state index contributed by atoms with van der Waals surface area (Å²) in [7, 11) is -1.89. The molecule has 2 heteroatoms. The van der Waals surface area contributed by atoms with Crippen molar-refractivity contribution in [3.8, 4) is 0 Å². The molecule has 0 radical (unpaired) electrons. The van der Waals surface area contributed by atoms with E-state index in [9.17, 15) is 4.79 Å². The quantitative estimate of drug-likeness (QED) is 0.493. The Bertz CT molecular complexity index is 672. The van der Waals surface area contributed by atoms with E-state index >= 15 is 0 Å². The van der Waals surface area contributed by atoms with Gasteiger partial charge in [0.1, 0.15) is 29.5 Å². The lowest BCUT2D eigenvalue weighted by atomic mass is 10.3.